The molecule has 5 rings (SSSR count). The number of nitrogens with zero attached hydrogens (tertiary/aromatic N) is 5. The number of hydrogen-bond acceptors (Lipinski definition) is 5. The van der Waals surface area contributed by atoms with Crippen molar-refractivity contribution in [2.24, 2.45) is 5.92 Å². The molecule has 1 saturated carbocycles. The predicted octanol–water partition coefficient (Wildman–Crippen LogP) is 5.27. The standard InChI is InChI=1S/C29H36N6O/c1-4-21-14-15-26-23(16-21)17-24(29(36)30-26)19-34(25-12-8-9-13-25)27(20(2)3)28-31-32-33-35(28)18-22-10-6-5-7-11-22/h5-7,10-11,14-17,20,25,27H,4,8-9,12-13,18-19H2,1-3H3,(H,30,36)/t27-/m0/s1. The summed E-state index contributed by atoms with van der Waals surface area (Å²) in [5, 5.41) is 14.1. The monoisotopic (exact) mass is 484 g/mol. The number of aromatic amines is 1. The molecule has 0 spiro atoms. The topological polar surface area (TPSA) is 79.7 Å². The lowest BCUT2D eigenvalue weighted by Gasteiger charge is -2.38. The van der Waals surface area contributed by atoms with E-state index in [0.29, 0.717) is 19.1 Å². The summed E-state index contributed by atoms with van der Waals surface area (Å²) in [4.78, 5) is 18.8. The summed E-state index contributed by atoms with van der Waals surface area (Å²) < 4.78 is 1.93. The van der Waals surface area contributed by atoms with Gasteiger partial charge in [-0.25, -0.2) is 4.68 Å². The molecule has 1 aliphatic rings. The van der Waals surface area contributed by atoms with Crippen LogP contribution >= 0.6 is 0 Å². The Morgan fingerprint density at radius 3 is 2.56 bits per heavy atom. The molecule has 0 aliphatic heterocycles. The molecule has 4 aromatic rings. The van der Waals surface area contributed by atoms with Gasteiger partial charge in [0.25, 0.3) is 5.56 Å². The number of H-pyrrole nitrogens is 1. The lowest BCUT2D eigenvalue weighted by atomic mass is 9.97. The highest BCUT2D eigenvalue weighted by Gasteiger charge is 2.35. The summed E-state index contributed by atoms with van der Waals surface area (Å²) in [6, 6.07) is 19.1. The van der Waals surface area contributed by atoms with Crippen molar-refractivity contribution in [3.8, 4) is 0 Å². The van der Waals surface area contributed by atoms with Crippen LogP contribution in [0, 0.1) is 5.92 Å². The van der Waals surface area contributed by atoms with Crippen LogP contribution in [0.4, 0.5) is 0 Å². The van der Waals surface area contributed by atoms with E-state index >= 15 is 0 Å². The second-order valence-corrected chi connectivity index (χ2v) is 10.4. The van der Waals surface area contributed by atoms with Crippen molar-refractivity contribution in [2.75, 3.05) is 0 Å². The molecule has 1 atom stereocenters. The van der Waals surface area contributed by atoms with Crippen molar-refractivity contribution in [3.63, 3.8) is 0 Å². The van der Waals surface area contributed by atoms with Crippen molar-refractivity contribution in [1.82, 2.24) is 30.1 Å². The van der Waals surface area contributed by atoms with E-state index in [1.165, 1.54) is 24.0 Å². The minimum absolute atomic E-state index is 0.00360. The first-order valence-electron chi connectivity index (χ1n) is 13.2. The van der Waals surface area contributed by atoms with Crippen LogP contribution in [0.5, 0.6) is 0 Å². The molecule has 7 heteroatoms. The summed E-state index contributed by atoms with van der Waals surface area (Å²) in [5.41, 5.74) is 4.11. The third-order valence-corrected chi connectivity index (χ3v) is 7.53. The van der Waals surface area contributed by atoms with E-state index in [1.54, 1.807) is 0 Å². The quantitative estimate of drug-likeness (QED) is 0.350. The van der Waals surface area contributed by atoms with Gasteiger partial charge >= 0.3 is 0 Å². The predicted molar refractivity (Wildman–Crippen MR) is 143 cm³/mol. The molecular formula is C29H36N6O. The Bertz CT molecular complexity index is 1350. The Morgan fingerprint density at radius 2 is 1.83 bits per heavy atom. The van der Waals surface area contributed by atoms with Gasteiger partial charge in [-0.2, -0.15) is 0 Å². The second kappa shape index (κ2) is 10.7. The zero-order valence-corrected chi connectivity index (χ0v) is 21.5. The average Bonchev–Trinajstić information content (AvgIpc) is 3.57. The van der Waals surface area contributed by atoms with Crippen LogP contribution < -0.4 is 5.56 Å². The van der Waals surface area contributed by atoms with Crippen molar-refractivity contribution >= 4 is 10.9 Å². The fourth-order valence-electron chi connectivity index (χ4n) is 5.65. The first kappa shape index (κ1) is 24.4. The Balaban J connectivity index is 1.53. The van der Waals surface area contributed by atoms with Gasteiger partial charge < -0.3 is 4.98 Å². The van der Waals surface area contributed by atoms with E-state index in [-0.39, 0.29) is 17.5 Å². The lowest BCUT2D eigenvalue weighted by Crippen LogP contribution is -2.41. The summed E-state index contributed by atoms with van der Waals surface area (Å²) >= 11 is 0. The van der Waals surface area contributed by atoms with Crippen molar-refractivity contribution in [3.05, 3.63) is 87.5 Å². The normalized spacial score (nSPS) is 15.4. The number of benzene rings is 2. The molecule has 2 aromatic carbocycles. The number of hydrogen-bond donors (Lipinski definition) is 1. The molecule has 0 radical (unpaired) electrons. The van der Waals surface area contributed by atoms with Gasteiger partial charge in [-0.1, -0.05) is 70.0 Å². The molecule has 36 heavy (non-hydrogen) atoms. The van der Waals surface area contributed by atoms with Gasteiger partial charge in [0.2, 0.25) is 0 Å². The largest absolute Gasteiger partial charge is 0.322 e. The van der Waals surface area contributed by atoms with Crippen LogP contribution in [0.3, 0.4) is 0 Å². The number of tetrazole rings is 1. The minimum atomic E-state index is -0.0128. The average molecular weight is 485 g/mol. The van der Waals surface area contributed by atoms with E-state index < -0.39 is 0 Å². The van der Waals surface area contributed by atoms with Gasteiger partial charge in [-0.05, 0) is 70.3 Å². The van der Waals surface area contributed by atoms with Crippen molar-refractivity contribution in [1.29, 1.82) is 0 Å². The fourth-order valence-corrected chi connectivity index (χ4v) is 5.65. The molecule has 1 N–H and O–H groups in total. The molecule has 0 saturated heterocycles. The maximum atomic E-state index is 13.2. The van der Waals surface area contributed by atoms with E-state index in [2.05, 4.69) is 76.5 Å². The molecule has 1 aliphatic carbocycles. The van der Waals surface area contributed by atoms with Crippen LogP contribution in [0.25, 0.3) is 10.9 Å². The number of fused-ring (bicyclic) bond motifs is 1. The highest BCUT2D eigenvalue weighted by atomic mass is 16.1. The Labute approximate surface area is 212 Å². The highest BCUT2D eigenvalue weighted by Crippen LogP contribution is 2.36. The minimum Gasteiger partial charge on any atom is -0.322 e. The smallest absolute Gasteiger partial charge is 0.252 e. The van der Waals surface area contributed by atoms with Gasteiger partial charge in [-0.3, -0.25) is 9.69 Å². The molecule has 0 unspecified atom stereocenters. The number of nitrogens with one attached hydrogen (secondary N) is 1. The zero-order chi connectivity index (χ0) is 25.1. The van der Waals surface area contributed by atoms with Crippen LogP contribution in [-0.2, 0) is 19.5 Å². The molecular weight excluding hydrogens is 448 g/mol. The first-order valence-corrected chi connectivity index (χ1v) is 13.2. The fraction of sp³-hybridized carbons (Fsp3) is 0.448. The molecule has 188 valence electrons. The van der Waals surface area contributed by atoms with Crippen LogP contribution in [0.15, 0.2) is 59.4 Å². The molecule has 0 bridgehead atoms. The first-order chi connectivity index (χ1) is 17.5. The molecule has 2 aromatic heterocycles. The summed E-state index contributed by atoms with van der Waals surface area (Å²) in [6.07, 6.45) is 5.67. The van der Waals surface area contributed by atoms with Crippen LogP contribution in [0.2, 0.25) is 0 Å². The van der Waals surface area contributed by atoms with Crippen LogP contribution in [0.1, 0.15) is 75.0 Å². The van der Waals surface area contributed by atoms with Crippen molar-refractivity contribution in [2.45, 2.75) is 78.0 Å². The third kappa shape index (κ3) is 5.12. The summed E-state index contributed by atoms with van der Waals surface area (Å²) in [7, 11) is 0. The molecule has 1 fully saturated rings. The number of aryl methyl sites for hydroxylation is 1. The maximum Gasteiger partial charge on any atom is 0.252 e. The van der Waals surface area contributed by atoms with Crippen molar-refractivity contribution < 1.29 is 0 Å². The Hall–Kier alpha value is -3.32. The number of aromatic nitrogens is 5. The summed E-state index contributed by atoms with van der Waals surface area (Å²) in [6.45, 7) is 7.82. The van der Waals surface area contributed by atoms with E-state index in [0.717, 1.165) is 41.6 Å². The van der Waals surface area contributed by atoms with Gasteiger partial charge in [0.1, 0.15) is 0 Å². The second-order valence-electron chi connectivity index (χ2n) is 10.4. The SMILES string of the molecule is CCc1ccc2[nH]c(=O)c(CN(C3CCCC3)[C@H](c3nnnn3Cc3ccccc3)C(C)C)cc2c1. The van der Waals surface area contributed by atoms with Gasteiger partial charge in [0, 0.05) is 23.7 Å². The maximum absolute atomic E-state index is 13.2. The van der Waals surface area contributed by atoms with E-state index in [4.69, 9.17) is 0 Å². The van der Waals surface area contributed by atoms with E-state index in [9.17, 15) is 4.79 Å². The van der Waals surface area contributed by atoms with E-state index in [1.807, 2.05) is 28.9 Å². The molecule has 0 amide bonds. The Kier molecular flexibility index (Phi) is 7.28. The highest BCUT2D eigenvalue weighted by molar-refractivity contribution is 5.79. The van der Waals surface area contributed by atoms with Gasteiger partial charge in [-0.15, -0.1) is 5.10 Å². The Morgan fingerprint density at radius 1 is 1.06 bits per heavy atom. The molecule has 2 heterocycles. The third-order valence-electron chi connectivity index (χ3n) is 7.53. The number of pyridine rings is 1. The van der Waals surface area contributed by atoms with Crippen LogP contribution in [-0.4, -0.2) is 36.1 Å². The molecule has 7 nitrogen and oxygen atoms in total. The summed E-state index contributed by atoms with van der Waals surface area (Å²) in [5.74, 6) is 1.14. The lowest BCUT2D eigenvalue weighted by molar-refractivity contribution is 0.0844. The zero-order valence-electron chi connectivity index (χ0n) is 21.5. The number of rotatable bonds is 9. The van der Waals surface area contributed by atoms with Gasteiger partial charge in [0.15, 0.2) is 5.82 Å². The van der Waals surface area contributed by atoms with Gasteiger partial charge in [0.05, 0.1) is 12.6 Å².